The second-order valence-corrected chi connectivity index (χ2v) is 4.60. The maximum atomic E-state index is 11.6. The van der Waals surface area contributed by atoms with E-state index in [1.807, 2.05) is 4.90 Å². The van der Waals surface area contributed by atoms with E-state index in [1.165, 1.54) is 25.9 Å². The van der Waals surface area contributed by atoms with E-state index in [4.69, 9.17) is 5.73 Å². The fourth-order valence-electron chi connectivity index (χ4n) is 2.73. The second-order valence-electron chi connectivity index (χ2n) is 4.60. The van der Waals surface area contributed by atoms with Crippen LogP contribution in [0.5, 0.6) is 0 Å². The smallest absolute Gasteiger partial charge is 0.236 e. The van der Waals surface area contributed by atoms with Gasteiger partial charge in [-0.2, -0.15) is 0 Å². The summed E-state index contributed by atoms with van der Waals surface area (Å²) in [4.78, 5) is 16.0. The maximum absolute atomic E-state index is 11.6. The highest BCUT2D eigenvalue weighted by atomic mass is 35.5. The number of nitrogens with two attached hydrogens (primary N) is 1. The van der Waals surface area contributed by atoms with Crippen LogP contribution in [0.1, 0.15) is 25.7 Å². The van der Waals surface area contributed by atoms with E-state index in [0.717, 1.165) is 25.9 Å². The first kappa shape index (κ1) is 17.0. The molecule has 2 aliphatic rings. The monoisotopic (exact) mass is 283 g/mol. The Morgan fingerprint density at radius 3 is 2.35 bits per heavy atom. The van der Waals surface area contributed by atoms with Gasteiger partial charge in [-0.3, -0.25) is 4.79 Å². The number of amides is 1. The Morgan fingerprint density at radius 1 is 1.12 bits per heavy atom. The van der Waals surface area contributed by atoms with Crippen molar-refractivity contribution >= 4 is 30.7 Å². The van der Waals surface area contributed by atoms with E-state index in [-0.39, 0.29) is 37.3 Å². The zero-order valence-corrected chi connectivity index (χ0v) is 11.8. The van der Waals surface area contributed by atoms with Crippen LogP contribution < -0.4 is 5.73 Å². The van der Waals surface area contributed by atoms with Gasteiger partial charge in [0.1, 0.15) is 0 Å². The minimum absolute atomic E-state index is 0. The van der Waals surface area contributed by atoms with Gasteiger partial charge in [0.25, 0.3) is 0 Å². The third kappa shape index (κ3) is 4.28. The van der Waals surface area contributed by atoms with Crippen LogP contribution in [0.4, 0.5) is 0 Å². The molecule has 17 heavy (non-hydrogen) atoms. The summed E-state index contributed by atoms with van der Waals surface area (Å²) in [5.41, 5.74) is 5.42. The lowest BCUT2D eigenvalue weighted by atomic mass is 10.2. The third-order valence-corrected chi connectivity index (χ3v) is 3.54. The topological polar surface area (TPSA) is 49.6 Å². The van der Waals surface area contributed by atoms with Crippen molar-refractivity contribution in [1.82, 2.24) is 9.80 Å². The molecule has 0 aromatic carbocycles. The lowest BCUT2D eigenvalue weighted by molar-refractivity contribution is -0.130. The molecule has 6 heteroatoms. The van der Waals surface area contributed by atoms with Gasteiger partial charge in [0.2, 0.25) is 5.91 Å². The van der Waals surface area contributed by atoms with Crippen LogP contribution in [0.3, 0.4) is 0 Å². The van der Waals surface area contributed by atoms with Gasteiger partial charge in [-0.15, -0.1) is 24.8 Å². The summed E-state index contributed by atoms with van der Waals surface area (Å²) in [6.45, 7) is 4.55. The highest BCUT2D eigenvalue weighted by Crippen LogP contribution is 2.20. The number of rotatable bonds is 3. The third-order valence-electron chi connectivity index (χ3n) is 3.54. The minimum Gasteiger partial charge on any atom is -0.337 e. The SMILES string of the molecule is Cl.Cl.NCC(=O)N1CCCC1CN1CCCC1. The van der Waals surface area contributed by atoms with Gasteiger partial charge in [-0.05, 0) is 38.8 Å². The molecule has 4 nitrogen and oxygen atoms in total. The van der Waals surface area contributed by atoms with Crippen molar-refractivity contribution in [2.45, 2.75) is 31.7 Å². The molecule has 2 saturated heterocycles. The largest absolute Gasteiger partial charge is 0.337 e. The highest BCUT2D eigenvalue weighted by molar-refractivity contribution is 5.85. The summed E-state index contributed by atoms with van der Waals surface area (Å²) in [6, 6.07) is 0.430. The van der Waals surface area contributed by atoms with Crippen LogP contribution in [-0.2, 0) is 4.79 Å². The Balaban J connectivity index is 0.00000128. The van der Waals surface area contributed by atoms with E-state index in [1.54, 1.807) is 0 Å². The molecule has 2 rings (SSSR count). The fraction of sp³-hybridized carbons (Fsp3) is 0.909. The van der Waals surface area contributed by atoms with Crippen molar-refractivity contribution < 1.29 is 4.79 Å². The fourth-order valence-corrected chi connectivity index (χ4v) is 2.73. The zero-order valence-electron chi connectivity index (χ0n) is 10.1. The molecule has 0 aliphatic carbocycles. The van der Waals surface area contributed by atoms with Crippen molar-refractivity contribution in [2.75, 3.05) is 32.7 Å². The van der Waals surface area contributed by atoms with E-state index < -0.39 is 0 Å². The molecular formula is C11H23Cl2N3O. The predicted octanol–water partition coefficient (Wildman–Crippen LogP) is 0.875. The molecular weight excluding hydrogens is 261 g/mol. The summed E-state index contributed by atoms with van der Waals surface area (Å²) < 4.78 is 0. The van der Waals surface area contributed by atoms with Crippen LogP contribution in [0.2, 0.25) is 0 Å². The van der Waals surface area contributed by atoms with Crippen LogP contribution in [-0.4, -0.2) is 54.5 Å². The number of carbonyl (C=O) groups excluding carboxylic acids is 1. The first-order valence-corrected chi connectivity index (χ1v) is 6.03. The zero-order chi connectivity index (χ0) is 10.7. The standard InChI is InChI=1S/C11H21N3O.2ClH/c12-8-11(15)14-7-3-4-10(14)9-13-5-1-2-6-13;;/h10H,1-9,12H2;2*1H. The second kappa shape index (κ2) is 8.14. The number of hydrogen-bond donors (Lipinski definition) is 1. The van der Waals surface area contributed by atoms with Gasteiger partial charge < -0.3 is 15.5 Å². The number of hydrogen-bond acceptors (Lipinski definition) is 3. The summed E-state index contributed by atoms with van der Waals surface area (Å²) in [5.74, 6) is 0.122. The predicted molar refractivity (Wildman–Crippen MR) is 74.0 cm³/mol. The van der Waals surface area contributed by atoms with Gasteiger partial charge in [0.05, 0.1) is 6.54 Å². The average Bonchev–Trinajstić information content (AvgIpc) is 2.88. The lowest BCUT2D eigenvalue weighted by Crippen LogP contribution is -2.44. The van der Waals surface area contributed by atoms with Gasteiger partial charge in [0, 0.05) is 19.1 Å². The van der Waals surface area contributed by atoms with Gasteiger partial charge in [-0.25, -0.2) is 0 Å². The summed E-state index contributed by atoms with van der Waals surface area (Å²) in [7, 11) is 0. The molecule has 1 amide bonds. The van der Waals surface area contributed by atoms with Gasteiger partial charge in [0.15, 0.2) is 0 Å². The Hall–Kier alpha value is -0.0300. The molecule has 2 aliphatic heterocycles. The Bertz CT molecular complexity index is 235. The number of nitrogens with zero attached hydrogens (tertiary/aromatic N) is 2. The summed E-state index contributed by atoms with van der Waals surface area (Å²) in [5, 5.41) is 0. The van der Waals surface area contributed by atoms with Crippen molar-refractivity contribution in [3.05, 3.63) is 0 Å². The highest BCUT2D eigenvalue weighted by Gasteiger charge is 2.29. The van der Waals surface area contributed by atoms with E-state index in [2.05, 4.69) is 4.90 Å². The van der Waals surface area contributed by atoms with Gasteiger partial charge in [-0.1, -0.05) is 0 Å². The molecule has 2 N–H and O–H groups in total. The molecule has 1 unspecified atom stereocenters. The van der Waals surface area contributed by atoms with E-state index in [9.17, 15) is 4.79 Å². The normalized spacial score (nSPS) is 24.3. The Labute approximate surface area is 116 Å². The van der Waals surface area contributed by atoms with Crippen LogP contribution >= 0.6 is 24.8 Å². The number of carbonyl (C=O) groups is 1. The molecule has 0 radical (unpaired) electrons. The molecule has 2 heterocycles. The molecule has 2 fully saturated rings. The van der Waals surface area contributed by atoms with Crippen molar-refractivity contribution in [1.29, 1.82) is 0 Å². The molecule has 0 aromatic heterocycles. The molecule has 1 atom stereocenters. The maximum Gasteiger partial charge on any atom is 0.236 e. The molecule has 0 aromatic rings. The lowest BCUT2D eigenvalue weighted by Gasteiger charge is -2.28. The average molecular weight is 284 g/mol. The Kier molecular flexibility index (Phi) is 8.12. The van der Waals surface area contributed by atoms with Crippen molar-refractivity contribution in [3.8, 4) is 0 Å². The molecule has 0 bridgehead atoms. The first-order valence-electron chi connectivity index (χ1n) is 6.03. The Morgan fingerprint density at radius 2 is 1.76 bits per heavy atom. The summed E-state index contributed by atoms with van der Waals surface area (Å²) in [6.07, 6.45) is 4.93. The molecule has 102 valence electrons. The van der Waals surface area contributed by atoms with E-state index in [0.29, 0.717) is 6.04 Å². The van der Waals surface area contributed by atoms with Crippen LogP contribution in [0.25, 0.3) is 0 Å². The number of halogens is 2. The molecule has 0 spiro atoms. The van der Waals surface area contributed by atoms with Crippen LogP contribution in [0, 0.1) is 0 Å². The van der Waals surface area contributed by atoms with E-state index >= 15 is 0 Å². The summed E-state index contributed by atoms with van der Waals surface area (Å²) >= 11 is 0. The van der Waals surface area contributed by atoms with Gasteiger partial charge >= 0.3 is 0 Å². The number of likely N-dealkylation sites (tertiary alicyclic amines) is 2. The molecule has 0 saturated carbocycles. The van der Waals surface area contributed by atoms with Crippen molar-refractivity contribution in [2.24, 2.45) is 5.73 Å². The van der Waals surface area contributed by atoms with Crippen LogP contribution in [0.15, 0.2) is 0 Å². The quantitative estimate of drug-likeness (QED) is 0.837. The van der Waals surface area contributed by atoms with Crippen molar-refractivity contribution in [3.63, 3.8) is 0 Å². The minimum atomic E-state index is 0. The first-order chi connectivity index (χ1) is 7.31.